The monoisotopic (exact) mass is 409 g/mol. The van der Waals surface area contributed by atoms with Crippen molar-refractivity contribution in [2.24, 2.45) is 0 Å². The molecule has 4 rings (SSSR count). The predicted octanol–water partition coefficient (Wildman–Crippen LogP) is 3.44. The summed E-state index contributed by atoms with van der Waals surface area (Å²) in [6, 6.07) is 9.36. The molecule has 1 aliphatic heterocycles. The van der Waals surface area contributed by atoms with Crippen LogP contribution in [0.1, 0.15) is 15.9 Å². The van der Waals surface area contributed by atoms with E-state index in [4.69, 9.17) is 17.3 Å². The lowest BCUT2D eigenvalue weighted by molar-refractivity contribution is -0.113. The average Bonchev–Trinajstić information content (AvgIpc) is 2.95. The maximum Gasteiger partial charge on any atom is 0.339 e. The fraction of sp³-hybridized carbons (Fsp3) is 0. The number of amides is 1. The number of carboxylic acids is 1. The van der Waals surface area contributed by atoms with Crippen molar-refractivity contribution in [1.82, 2.24) is 9.97 Å². The van der Waals surface area contributed by atoms with Crippen LogP contribution in [0.15, 0.2) is 53.7 Å². The van der Waals surface area contributed by atoms with E-state index in [1.807, 2.05) is 18.2 Å². The second-order valence-corrected chi connectivity index (χ2v) is 7.47. The van der Waals surface area contributed by atoms with Crippen LogP contribution in [0, 0.1) is 0 Å². The molecular weight excluding hydrogens is 398 g/mol. The van der Waals surface area contributed by atoms with Gasteiger partial charge in [0.1, 0.15) is 11.3 Å². The molecule has 1 saturated heterocycles. The molecule has 1 fully saturated rings. The highest BCUT2D eigenvalue weighted by Gasteiger charge is 2.34. The summed E-state index contributed by atoms with van der Waals surface area (Å²) in [5, 5.41) is 18.9. The van der Waals surface area contributed by atoms with Gasteiger partial charge in [-0.1, -0.05) is 36.1 Å². The second kappa shape index (κ2) is 7.02. The van der Waals surface area contributed by atoms with Crippen molar-refractivity contribution in [1.29, 1.82) is 0 Å². The van der Waals surface area contributed by atoms with Crippen LogP contribution in [-0.4, -0.2) is 36.4 Å². The smallest absolute Gasteiger partial charge is 0.339 e. The fourth-order valence-corrected chi connectivity index (χ4v) is 4.09. The van der Waals surface area contributed by atoms with Gasteiger partial charge in [-0.25, -0.2) is 4.79 Å². The van der Waals surface area contributed by atoms with Crippen LogP contribution in [0.25, 0.3) is 17.1 Å². The Balaban J connectivity index is 1.72. The molecule has 7 nitrogen and oxygen atoms in total. The van der Waals surface area contributed by atoms with Crippen molar-refractivity contribution in [2.75, 3.05) is 4.90 Å². The third-order valence-electron chi connectivity index (χ3n) is 4.08. The summed E-state index contributed by atoms with van der Waals surface area (Å²) in [5.74, 6) is -2.06. The van der Waals surface area contributed by atoms with E-state index in [1.165, 1.54) is 23.1 Å². The lowest BCUT2D eigenvalue weighted by Crippen LogP contribution is -2.27. The molecule has 9 heteroatoms. The summed E-state index contributed by atoms with van der Waals surface area (Å²) in [7, 11) is 0. The number of carbonyl (C=O) groups is 2. The lowest BCUT2D eigenvalue weighted by atomic mass is 10.1. The number of thiocarbonyl (C=S) groups is 1. The van der Waals surface area contributed by atoms with E-state index in [0.717, 1.165) is 17.3 Å². The Morgan fingerprint density at radius 2 is 1.96 bits per heavy atom. The molecule has 3 aromatic rings. The number of phenols is 1. The topological polar surface area (TPSA) is 104 Å². The molecule has 1 aromatic heterocycles. The number of hydrogen-bond donors (Lipinski definition) is 2. The summed E-state index contributed by atoms with van der Waals surface area (Å²) in [5.41, 5.74) is 2.15. The van der Waals surface area contributed by atoms with Crippen LogP contribution in [0.4, 0.5) is 5.69 Å². The number of benzene rings is 2. The predicted molar refractivity (Wildman–Crippen MR) is 110 cm³/mol. The lowest BCUT2D eigenvalue weighted by Gasteiger charge is -2.15. The Hall–Kier alpha value is -3.30. The molecule has 0 unspecified atom stereocenters. The number of hydrogen-bond acceptors (Lipinski definition) is 7. The fourth-order valence-electron chi connectivity index (χ4n) is 2.80. The molecule has 0 bridgehead atoms. The van der Waals surface area contributed by atoms with Gasteiger partial charge in [-0.2, -0.15) is 0 Å². The number of thioether (sulfide) groups is 1. The first kappa shape index (κ1) is 18.1. The van der Waals surface area contributed by atoms with Crippen LogP contribution >= 0.6 is 24.0 Å². The van der Waals surface area contributed by atoms with E-state index in [9.17, 15) is 14.7 Å². The van der Waals surface area contributed by atoms with Gasteiger partial charge in [0.25, 0.3) is 5.91 Å². The van der Waals surface area contributed by atoms with Crippen molar-refractivity contribution >= 4 is 63.0 Å². The average molecular weight is 409 g/mol. The standard InChI is InChI=1S/C19H11N3O4S2/c23-14-9-11(4-5-12(14)18(25)26)22-17(24)15(28-19(22)27)8-10-2-1-3-13-16(10)21-7-6-20-13/h1-9,23H,(H,25,26)/b15-8-. The minimum absolute atomic E-state index is 0.251. The minimum Gasteiger partial charge on any atom is -0.507 e. The van der Waals surface area contributed by atoms with Gasteiger partial charge in [-0.3, -0.25) is 19.7 Å². The molecule has 0 atom stereocenters. The molecule has 28 heavy (non-hydrogen) atoms. The zero-order valence-electron chi connectivity index (χ0n) is 14.1. The van der Waals surface area contributed by atoms with Gasteiger partial charge < -0.3 is 10.2 Å². The number of rotatable bonds is 3. The van der Waals surface area contributed by atoms with Crippen LogP contribution in [0.5, 0.6) is 5.75 Å². The van der Waals surface area contributed by atoms with Crippen LogP contribution in [-0.2, 0) is 4.79 Å². The number of nitrogens with zero attached hydrogens (tertiary/aromatic N) is 3. The zero-order valence-corrected chi connectivity index (χ0v) is 15.7. The minimum atomic E-state index is -1.26. The maximum absolute atomic E-state index is 12.9. The number of anilines is 1. The van der Waals surface area contributed by atoms with Crippen molar-refractivity contribution in [3.05, 3.63) is 64.8 Å². The highest BCUT2D eigenvalue weighted by atomic mass is 32.2. The zero-order chi connectivity index (χ0) is 19.8. The van der Waals surface area contributed by atoms with E-state index >= 15 is 0 Å². The summed E-state index contributed by atoms with van der Waals surface area (Å²) < 4.78 is 0.282. The molecule has 0 saturated carbocycles. The highest BCUT2D eigenvalue weighted by molar-refractivity contribution is 8.27. The Morgan fingerprint density at radius 3 is 2.71 bits per heavy atom. The maximum atomic E-state index is 12.9. The Kier molecular flexibility index (Phi) is 4.54. The number of para-hydroxylation sites is 1. The van der Waals surface area contributed by atoms with E-state index in [-0.39, 0.29) is 15.8 Å². The number of carboxylic acid groups (broad SMARTS) is 1. The molecule has 1 aliphatic rings. The van der Waals surface area contributed by atoms with Gasteiger partial charge in [0.2, 0.25) is 0 Å². The molecular formula is C19H11N3O4S2. The van der Waals surface area contributed by atoms with Gasteiger partial charge in [-0.15, -0.1) is 0 Å². The molecule has 0 radical (unpaired) electrons. The first-order valence-corrected chi connectivity index (χ1v) is 9.22. The van der Waals surface area contributed by atoms with E-state index < -0.39 is 11.7 Å². The SMILES string of the molecule is O=C(O)c1ccc(N2C(=O)/C(=C/c3cccc4nccnc34)SC2=S)cc1O. The van der Waals surface area contributed by atoms with Crippen LogP contribution in [0.3, 0.4) is 0 Å². The largest absolute Gasteiger partial charge is 0.507 e. The van der Waals surface area contributed by atoms with Gasteiger partial charge in [-0.05, 0) is 24.3 Å². The molecule has 2 aromatic carbocycles. The van der Waals surface area contributed by atoms with Gasteiger partial charge in [0, 0.05) is 24.0 Å². The van der Waals surface area contributed by atoms with Gasteiger partial charge in [0.15, 0.2) is 4.32 Å². The third-order valence-corrected chi connectivity index (χ3v) is 5.38. The second-order valence-electron chi connectivity index (χ2n) is 5.80. The number of aromatic carboxylic acids is 1. The van der Waals surface area contributed by atoms with E-state index in [2.05, 4.69) is 9.97 Å². The number of fused-ring (bicyclic) bond motifs is 1. The first-order chi connectivity index (χ1) is 13.5. The Morgan fingerprint density at radius 1 is 1.18 bits per heavy atom. The van der Waals surface area contributed by atoms with Gasteiger partial charge in [0.05, 0.1) is 21.6 Å². The van der Waals surface area contributed by atoms with Gasteiger partial charge >= 0.3 is 5.97 Å². The van der Waals surface area contributed by atoms with Crippen molar-refractivity contribution in [2.45, 2.75) is 0 Å². The summed E-state index contributed by atoms with van der Waals surface area (Å²) >= 11 is 6.44. The Bertz CT molecular complexity index is 1190. The highest BCUT2D eigenvalue weighted by Crippen LogP contribution is 2.38. The number of carbonyl (C=O) groups excluding carboxylic acids is 1. The van der Waals surface area contributed by atoms with Crippen LogP contribution in [0.2, 0.25) is 0 Å². The van der Waals surface area contributed by atoms with Crippen molar-refractivity contribution < 1.29 is 19.8 Å². The molecule has 1 amide bonds. The normalized spacial score (nSPS) is 15.6. The molecule has 138 valence electrons. The third kappa shape index (κ3) is 3.10. The van der Waals surface area contributed by atoms with Crippen molar-refractivity contribution in [3.63, 3.8) is 0 Å². The summed E-state index contributed by atoms with van der Waals surface area (Å²) in [6.07, 6.45) is 4.87. The quantitative estimate of drug-likeness (QED) is 0.501. The van der Waals surface area contributed by atoms with E-state index in [0.29, 0.717) is 21.6 Å². The molecule has 2 N–H and O–H groups in total. The first-order valence-electron chi connectivity index (χ1n) is 8.00. The van der Waals surface area contributed by atoms with Crippen molar-refractivity contribution in [3.8, 4) is 5.75 Å². The summed E-state index contributed by atoms with van der Waals surface area (Å²) in [6.45, 7) is 0. The molecule has 2 heterocycles. The number of aromatic hydroxyl groups is 1. The number of aromatic nitrogens is 2. The van der Waals surface area contributed by atoms with E-state index in [1.54, 1.807) is 18.5 Å². The molecule has 0 spiro atoms. The summed E-state index contributed by atoms with van der Waals surface area (Å²) in [4.78, 5) is 34.2. The molecule has 0 aliphatic carbocycles. The Labute approximate surface area is 168 Å². The van der Waals surface area contributed by atoms with Crippen LogP contribution < -0.4 is 4.90 Å².